The molecule has 0 aromatic heterocycles. The zero-order valence-corrected chi connectivity index (χ0v) is 16.4. The monoisotopic (exact) mass is 383 g/mol. The minimum Gasteiger partial charge on any atom is -0.481 e. The first-order valence-corrected chi connectivity index (χ1v) is 8.98. The maximum Gasteiger partial charge on any atom is 0.279 e. The summed E-state index contributed by atoms with van der Waals surface area (Å²) >= 11 is 0. The Bertz CT molecular complexity index is 852. The SMILES string of the molecule is Cc1cccc(OC(C)C(=O)NNC(=O)C(C)NC(=O)c2ccccc2)c1C. The highest BCUT2D eigenvalue weighted by molar-refractivity contribution is 5.97. The van der Waals surface area contributed by atoms with Gasteiger partial charge in [0.15, 0.2) is 6.10 Å². The zero-order chi connectivity index (χ0) is 20.7. The number of carbonyl (C=O) groups excluding carboxylic acids is 3. The van der Waals surface area contributed by atoms with Crippen LogP contribution in [-0.2, 0) is 9.59 Å². The van der Waals surface area contributed by atoms with E-state index in [1.165, 1.54) is 6.92 Å². The van der Waals surface area contributed by atoms with Crippen LogP contribution in [-0.4, -0.2) is 29.9 Å². The molecule has 2 rings (SSSR count). The van der Waals surface area contributed by atoms with E-state index in [-0.39, 0.29) is 5.91 Å². The molecular weight excluding hydrogens is 358 g/mol. The highest BCUT2D eigenvalue weighted by Gasteiger charge is 2.20. The molecule has 7 heteroatoms. The largest absolute Gasteiger partial charge is 0.481 e. The molecule has 2 aromatic rings. The van der Waals surface area contributed by atoms with Gasteiger partial charge >= 0.3 is 0 Å². The maximum absolute atomic E-state index is 12.2. The molecule has 3 N–H and O–H groups in total. The summed E-state index contributed by atoms with van der Waals surface area (Å²) in [4.78, 5) is 36.4. The topological polar surface area (TPSA) is 96.5 Å². The normalized spacial score (nSPS) is 12.4. The lowest BCUT2D eigenvalue weighted by Gasteiger charge is -2.18. The number of carbonyl (C=O) groups is 3. The molecule has 28 heavy (non-hydrogen) atoms. The summed E-state index contributed by atoms with van der Waals surface area (Å²) in [6.07, 6.45) is -0.810. The molecule has 2 aromatic carbocycles. The van der Waals surface area contributed by atoms with Crippen LogP contribution in [0, 0.1) is 13.8 Å². The van der Waals surface area contributed by atoms with Gasteiger partial charge in [0.05, 0.1) is 0 Å². The van der Waals surface area contributed by atoms with Gasteiger partial charge in [-0.2, -0.15) is 0 Å². The van der Waals surface area contributed by atoms with Crippen molar-refractivity contribution >= 4 is 17.7 Å². The Balaban J connectivity index is 1.83. The molecular formula is C21H25N3O4. The lowest BCUT2D eigenvalue weighted by molar-refractivity contribution is -0.133. The van der Waals surface area contributed by atoms with Gasteiger partial charge in [-0.25, -0.2) is 0 Å². The van der Waals surface area contributed by atoms with E-state index in [2.05, 4.69) is 16.2 Å². The molecule has 0 radical (unpaired) electrons. The summed E-state index contributed by atoms with van der Waals surface area (Å²) in [7, 11) is 0. The molecule has 2 atom stereocenters. The van der Waals surface area contributed by atoms with E-state index < -0.39 is 24.0 Å². The van der Waals surface area contributed by atoms with Crippen LogP contribution in [0.25, 0.3) is 0 Å². The van der Waals surface area contributed by atoms with Gasteiger partial charge in [-0.05, 0) is 57.0 Å². The van der Waals surface area contributed by atoms with Crippen LogP contribution in [0.15, 0.2) is 48.5 Å². The van der Waals surface area contributed by atoms with Crippen molar-refractivity contribution < 1.29 is 19.1 Å². The number of hydrogen-bond acceptors (Lipinski definition) is 4. The molecule has 2 unspecified atom stereocenters. The third-order valence-electron chi connectivity index (χ3n) is 4.31. The lowest BCUT2D eigenvalue weighted by atomic mass is 10.1. The Hall–Kier alpha value is -3.35. The van der Waals surface area contributed by atoms with Crippen LogP contribution in [0.2, 0.25) is 0 Å². The standard InChI is InChI=1S/C21H25N3O4/c1-13-9-8-12-18(14(13)2)28-16(4)20(26)24-23-19(25)15(3)22-21(27)17-10-6-5-7-11-17/h5-12,15-16H,1-4H3,(H,22,27)(H,23,25)(H,24,26). The van der Waals surface area contributed by atoms with E-state index in [0.29, 0.717) is 11.3 Å². The number of hydrogen-bond donors (Lipinski definition) is 3. The van der Waals surface area contributed by atoms with Gasteiger partial charge in [0.1, 0.15) is 11.8 Å². The first kappa shape index (κ1) is 21.0. The van der Waals surface area contributed by atoms with Crippen molar-refractivity contribution in [3.05, 3.63) is 65.2 Å². The minimum absolute atomic E-state index is 0.374. The first-order chi connectivity index (χ1) is 13.3. The first-order valence-electron chi connectivity index (χ1n) is 8.98. The number of ether oxygens (including phenoxy) is 1. The van der Waals surface area contributed by atoms with Gasteiger partial charge in [-0.15, -0.1) is 0 Å². The van der Waals surface area contributed by atoms with E-state index in [1.54, 1.807) is 43.3 Å². The Morgan fingerprint density at radius 3 is 2.18 bits per heavy atom. The molecule has 0 aliphatic heterocycles. The minimum atomic E-state index is -0.830. The molecule has 0 spiro atoms. The van der Waals surface area contributed by atoms with Gasteiger partial charge in [0.2, 0.25) is 0 Å². The Morgan fingerprint density at radius 1 is 0.857 bits per heavy atom. The predicted molar refractivity (Wildman–Crippen MR) is 106 cm³/mol. The Morgan fingerprint density at radius 2 is 1.50 bits per heavy atom. The van der Waals surface area contributed by atoms with E-state index in [9.17, 15) is 14.4 Å². The van der Waals surface area contributed by atoms with E-state index in [4.69, 9.17) is 4.74 Å². The fourth-order valence-corrected chi connectivity index (χ4v) is 2.36. The lowest BCUT2D eigenvalue weighted by Crippen LogP contribution is -2.53. The van der Waals surface area contributed by atoms with Crippen LogP contribution in [0.4, 0.5) is 0 Å². The van der Waals surface area contributed by atoms with E-state index in [0.717, 1.165) is 11.1 Å². The second kappa shape index (κ2) is 9.55. The van der Waals surface area contributed by atoms with E-state index >= 15 is 0 Å². The molecule has 0 heterocycles. The van der Waals surface area contributed by atoms with Gasteiger partial charge in [-0.3, -0.25) is 25.2 Å². The average Bonchev–Trinajstić information content (AvgIpc) is 2.69. The van der Waals surface area contributed by atoms with Crippen LogP contribution < -0.4 is 20.9 Å². The highest BCUT2D eigenvalue weighted by Crippen LogP contribution is 2.21. The van der Waals surface area contributed by atoms with Gasteiger partial charge in [0.25, 0.3) is 17.7 Å². The smallest absolute Gasteiger partial charge is 0.279 e. The van der Waals surface area contributed by atoms with Crippen molar-refractivity contribution in [2.24, 2.45) is 0 Å². The number of nitrogens with one attached hydrogen (secondary N) is 3. The van der Waals surface area contributed by atoms with Crippen molar-refractivity contribution in [3.8, 4) is 5.75 Å². The van der Waals surface area contributed by atoms with Gasteiger partial charge < -0.3 is 10.1 Å². The molecule has 0 aliphatic rings. The van der Waals surface area contributed by atoms with Crippen molar-refractivity contribution in [1.82, 2.24) is 16.2 Å². The van der Waals surface area contributed by atoms with Crippen molar-refractivity contribution in [2.45, 2.75) is 39.8 Å². The third kappa shape index (κ3) is 5.57. The summed E-state index contributed by atoms with van der Waals surface area (Å²) in [6, 6.07) is 13.3. The third-order valence-corrected chi connectivity index (χ3v) is 4.31. The molecule has 0 aliphatic carbocycles. The molecule has 0 saturated carbocycles. The van der Waals surface area contributed by atoms with Crippen LogP contribution in [0.3, 0.4) is 0 Å². The van der Waals surface area contributed by atoms with Gasteiger partial charge in [0, 0.05) is 5.56 Å². The quantitative estimate of drug-likeness (QED) is 0.665. The fourth-order valence-electron chi connectivity index (χ4n) is 2.36. The number of hydrazine groups is 1. The van der Waals surface area contributed by atoms with Gasteiger partial charge in [-0.1, -0.05) is 30.3 Å². The number of rotatable bonds is 6. The Labute approximate surface area is 164 Å². The van der Waals surface area contributed by atoms with E-state index in [1.807, 2.05) is 26.0 Å². The summed E-state index contributed by atoms with van der Waals surface area (Å²) in [5.74, 6) is -0.814. The summed E-state index contributed by atoms with van der Waals surface area (Å²) < 4.78 is 5.67. The molecule has 148 valence electrons. The Kier molecular flexibility index (Phi) is 7.14. The summed E-state index contributed by atoms with van der Waals surface area (Å²) in [5.41, 5.74) is 7.06. The van der Waals surface area contributed by atoms with Crippen LogP contribution in [0.5, 0.6) is 5.75 Å². The molecule has 0 saturated heterocycles. The van der Waals surface area contributed by atoms with Crippen molar-refractivity contribution in [3.63, 3.8) is 0 Å². The molecule has 3 amide bonds. The fraction of sp³-hybridized carbons (Fsp3) is 0.286. The number of amides is 3. The summed E-state index contributed by atoms with van der Waals surface area (Å²) in [6.45, 7) is 6.98. The van der Waals surface area contributed by atoms with Crippen molar-refractivity contribution in [2.75, 3.05) is 0 Å². The number of aryl methyl sites for hydroxylation is 1. The average molecular weight is 383 g/mol. The predicted octanol–water partition coefficient (Wildman–Crippen LogP) is 2.04. The second-order valence-electron chi connectivity index (χ2n) is 6.50. The molecule has 0 bridgehead atoms. The van der Waals surface area contributed by atoms with Crippen LogP contribution in [0.1, 0.15) is 35.3 Å². The summed E-state index contributed by atoms with van der Waals surface area (Å²) in [5, 5.41) is 2.57. The zero-order valence-electron chi connectivity index (χ0n) is 16.4. The molecule has 7 nitrogen and oxygen atoms in total. The maximum atomic E-state index is 12.2. The molecule has 0 fully saturated rings. The van der Waals surface area contributed by atoms with Crippen LogP contribution >= 0.6 is 0 Å². The number of benzene rings is 2. The highest BCUT2D eigenvalue weighted by atomic mass is 16.5. The second-order valence-corrected chi connectivity index (χ2v) is 6.50. The van der Waals surface area contributed by atoms with Crippen molar-refractivity contribution in [1.29, 1.82) is 0 Å².